The molecule has 1 amide bonds. The molecule has 0 aromatic heterocycles. The Kier molecular flexibility index (Phi) is 4.80. The highest BCUT2D eigenvalue weighted by molar-refractivity contribution is 5.82. The molecule has 4 nitrogen and oxygen atoms in total. The molecule has 0 aromatic carbocycles. The van der Waals surface area contributed by atoms with E-state index in [1.54, 1.807) is 0 Å². The van der Waals surface area contributed by atoms with Crippen LogP contribution in [0, 0.1) is 0 Å². The number of piperazine rings is 1. The van der Waals surface area contributed by atoms with E-state index in [0.717, 1.165) is 39.0 Å². The average molecular weight is 239 g/mol. The van der Waals surface area contributed by atoms with Crippen LogP contribution in [0.2, 0.25) is 0 Å². The van der Waals surface area contributed by atoms with Crippen LogP contribution in [0.25, 0.3) is 0 Å². The molecule has 0 saturated carbocycles. The molecule has 2 aliphatic heterocycles. The van der Waals surface area contributed by atoms with Gasteiger partial charge in [-0.3, -0.25) is 4.79 Å². The lowest BCUT2D eigenvalue weighted by Crippen LogP contribution is -2.55. The number of nitrogens with one attached hydrogen (secondary N) is 1. The Morgan fingerprint density at radius 2 is 2.00 bits per heavy atom. The van der Waals surface area contributed by atoms with E-state index in [0.29, 0.717) is 5.91 Å². The van der Waals surface area contributed by atoms with Gasteiger partial charge in [-0.1, -0.05) is 6.92 Å². The molecule has 2 aliphatic rings. The summed E-state index contributed by atoms with van der Waals surface area (Å²) in [7, 11) is 0. The first-order valence-corrected chi connectivity index (χ1v) is 7.06. The quantitative estimate of drug-likeness (QED) is 0.766. The molecular formula is C13H25N3O. The van der Waals surface area contributed by atoms with Gasteiger partial charge in [-0.2, -0.15) is 0 Å². The van der Waals surface area contributed by atoms with Gasteiger partial charge in [-0.25, -0.2) is 0 Å². The van der Waals surface area contributed by atoms with E-state index < -0.39 is 0 Å². The topological polar surface area (TPSA) is 35.6 Å². The smallest absolute Gasteiger partial charge is 0.239 e. The SMILES string of the molecule is CCC1NCCN(CCCN2CCCC2)C1=O. The van der Waals surface area contributed by atoms with E-state index >= 15 is 0 Å². The van der Waals surface area contributed by atoms with Crippen molar-refractivity contribution in [2.45, 2.75) is 38.6 Å². The molecule has 0 radical (unpaired) electrons. The molecule has 2 rings (SSSR count). The maximum Gasteiger partial charge on any atom is 0.239 e. The van der Waals surface area contributed by atoms with Crippen molar-refractivity contribution in [2.75, 3.05) is 39.3 Å². The molecule has 4 heteroatoms. The van der Waals surface area contributed by atoms with E-state index in [-0.39, 0.29) is 6.04 Å². The third kappa shape index (κ3) is 3.42. The first-order chi connectivity index (χ1) is 8.31. The minimum Gasteiger partial charge on any atom is -0.340 e. The van der Waals surface area contributed by atoms with Crippen LogP contribution in [0.4, 0.5) is 0 Å². The minimum absolute atomic E-state index is 0.0653. The van der Waals surface area contributed by atoms with Gasteiger partial charge in [-0.15, -0.1) is 0 Å². The molecule has 2 fully saturated rings. The van der Waals surface area contributed by atoms with Gasteiger partial charge in [0.2, 0.25) is 5.91 Å². The lowest BCUT2D eigenvalue weighted by Gasteiger charge is -2.33. The number of carbonyl (C=O) groups is 1. The van der Waals surface area contributed by atoms with Crippen molar-refractivity contribution in [3.8, 4) is 0 Å². The number of hydrogen-bond donors (Lipinski definition) is 1. The molecule has 0 aliphatic carbocycles. The van der Waals surface area contributed by atoms with Gasteiger partial charge in [-0.05, 0) is 45.3 Å². The standard InChI is InChI=1S/C13H25N3O/c1-2-12-13(17)16(11-6-14-12)10-5-9-15-7-3-4-8-15/h12,14H,2-11H2,1H3. The fourth-order valence-electron chi connectivity index (χ4n) is 2.82. The first-order valence-electron chi connectivity index (χ1n) is 7.06. The third-order valence-corrected chi connectivity index (χ3v) is 3.89. The van der Waals surface area contributed by atoms with Gasteiger partial charge in [0.1, 0.15) is 0 Å². The van der Waals surface area contributed by atoms with Gasteiger partial charge in [0.05, 0.1) is 6.04 Å². The number of hydrogen-bond acceptors (Lipinski definition) is 3. The minimum atomic E-state index is 0.0653. The number of amides is 1. The molecule has 2 saturated heterocycles. The fourth-order valence-corrected chi connectivity index (χ4v) is 2.82. The number of rotatable bonds is 5. The summed E-state index contributed by atoms with van der Waals surface area (Å²) in [6, 6.07) is 0.0653. The summed E-state index contributed by atoms with van der Waals surface area (Å²) < 4.78 is 0. The van der Waals surface area contributed by atoms with Gasteiger partial charge in [0, 0.05) is 19.6 Å². The Hall–Kier alpha value is -0.610. The summed E-state index contributed by atoms with van der Waals surface area (Å²) in [5, 5.41) is 3.28. The second-order valence-electron chi connectivity index (χ2n) is 5.14. The van der Waals surface area contributed by atoms with Crippen molar-refractivity contribution < 1.29 is 4.79 Å². The highest BCUT2D eigenvalue weighted by atomic mass is 16.2. The van der Waals surface area contributed by atoms with Crippen molar-refractivity contribution in [1.29, 1.82) is 0 Å². The van der Waals surface area contributed by atoms with Crippen LogP contribution in [0.15, 0.2) is 0 Å². The van der Waals surface area contributed by atoms with E-state index in [9.17, 15) is 4.79 Å². The second kappa shape index (κ2) is 6.36. The molecule has 17 heavy (non-hydrogen) atoms. The molecule has 1 atom stereocenters. The Morgan fingerprint density at radius 3 is 2.71 bits per heavy atom. The van der Waals surface area contributed by atoms with Crippen molar-refractivity contribution in [3.63, 3.8) is 0 Å². The normalized spacial score (nSPS) is 26.8. The Bertz CT molecular complexity index is 251. The molecule has 0 spiro atoms. The highest BCUT2D eigenvalue weighted by Gasteiger charge is 2.26. The molecule has 0 aromatic rings. The molecule has 0 bridgehead atoms. The van der Waals surface area contributed by atoms with Gasteiger partial charge >= 0.3 is 0 Å². The summed E-state index contributed by atoms with van der Waals surface area (Å²) in [5.74, 6) is 0.306. The summed E-state index contributed by atoms with van der Waals surface area (Å²) >= 11 is 0. The number of likely N-dealkylation sites (tertiary alicyclic amines) is 1. The Labute approximate surface area is 104 Å². The fraction of sp³-hybridized carbons (Fsp3) is 0.923. The van der Waals surface area contributed by atoms with E-state index in [1.807, 2.05) is 4.90 Å². The molecule has 1 unspecified atom stereocenters. The largest absolute Gasteiger partial charge is 0.340 e. The third-order valence-electron chi connectivity index (χ3n) is 3.89. The number of nitrogens with zero attached hydrogens (tertiary/aromatic N) is 2. The van der Waals surface area contributed by atoms with Crippen LogP contribution >= 0.6 is 0 Å². The summed E-state index contributed by atoms with van der Waals surface area (Å²) in [6.45, 7) is 8.52. The predicted octanol–water partition coefficient (Wildman–Crippen LogP) is 0.683. The zero-order chi connectivity index (χ0) is 12.1. The summed E-state index contributed by atoms with van der Waals surface area (Å²) in [5.41, 5.74) is 0. The summed E-state index contributed by atoms with van der Waals surface area (Å²) in [4.78, 5) is 16.6. The van der Waals surface area contributed by atoms with E-state index in [2.05, 4.69) is 17.1 Å². The molecular weight excluding hydrogens is 214 g/mol. The zero-order valence-corrected chi connectivity index (χ0v) is 11.0. The monoisotopic (exact) mass is 239 g/mol. The van der Waals surface area contributed by atoms with Gasteiger partial charge in [0.25, 0.3) is 0 Å². The van der Waals surface area contributed by atoms with Gasteiger partial charge < -0.3 is 15.1 Å². The average Bonchev–Trinajstić information content (AvgIpc) is 2.84. The lowest BCUT2D eigenvalue weighted by atomic mass is 10.1. The predicted molar refractivity (Wildman–Crippen MR) is 69.0 cm³/mol. The van der Waals surface area contributed by atoms with Crippen LogP contribution in [0.1, 0.15) is 32.6 Å². The highest BCUT2D eigenvalue weighted by Crippen LogP contribution is 2.09. The van der Waals surface area contributed by atoms with Crippen LogP contribution in [0.5, 0.6) is 0 Å². The Balaban J connectivity index is 1.68. The zero-order valence-electron chi connectivity index (χ0n) is 11.0. The molecule has 2 heterocycles. The van der Waals surface area contributed by atoms with Crippen molar-refractivity contribution in [3.05, 3.63) is 0 Å². The second-order valence-corrected chi connectivity index (χ2v) is 5.14. The molecule has 98 valence electrons. The first kappa shape index (κ1) is 12.8. The number of carbonyl (C=O) groups excluding carboxylic acids is 1. The lowest BCUT2D eigenvalue weighted by molar-refractivity contribution is -0.135. The maximum absolute atomic E-state index is 12.0. The van der Waals surface area contributed by atoms with E-state index in [4.69, 9.17) is 0 Å². The van der Waals surface area contributed by atoms with Crippen LogP contribution < -0.4 is 5.32 Å². The maximum atomic E-state index is 12.0. The van der Waals surface area contributed by atoms with Crippen LogP contribution in [0.3, 0.4) is 0 Å². The summed E-state index contributed by atoms with van der Waals surface area (Å²) in [6.07, 6.45) is 4.73. The van der Waals surface area contributed by atoms with Gasteiger partial charge in [0.15, 0.2) is 0 Å². The molecule has 1 N–H and O–H groups in total. The van der Waals surface area contributed by atoms with Crippen LogP contribution in [-0.2, 0) is 4.79 Å². The van der Waals surface area contributed by atoms with Crippen molar-refractivity contribution in [2.24, 2.45) is 0 Å². The van der Waals surface area contributed by atoms with E-state index in [1.165, 1.54) is 25.9 Å². The van der Waals surface area contributed by atoms with Crippen LogP contribution in [-0.4, -0.2) is 61.0 Å². The Morgan fingerprint density at radius 1 is 1.24 bits per heavy atom. The van der Waals surface area contributed by atoms with Crippen molar-refractivity contribution in [1.82, 2.24) is 15.1 Å². The van der Waals surface area contributed by atoms with Crippen molar-refractivity contribution >= 4 is 5.91 Å².